The van der Waals surface area contributed by atoms with Crippen molar-refractivity contribution in [1.29, 1.82) is 0 Å². The molecular weight excluding hydrogens is 246 g/mol. The number of nitrogens with zero attached hydrogens (tertiary/aromatic N) is 2. The van der Waals surface area contributed by atoms with Crippen LogP contribution in [0.1, 0.15) is 26.3 Å². The summed E-state index contributed by atoms with van der Waals surface area (Å²) < 4.78 is 0. The van der Waals surface area contributed by atoms with E-state index in [1.165, 1.54) is 37.4 Å². The van der Waals surface area contributed by atoms with E-state index >= 15 is 0 Å². The summed E-state index contributed by atoms with van der Waals surface area (Å²) in [5.74, 6) is 0. The van der Waals surface area contributed by atoms with Gasteiger partial charge in [-0.3, -0.25) is 9.80 Å². The molecule has 0 atom stereocenters. The van der Waals surface area contributed by atoms with Crippen molar-refractivity contribution in [3.05, 3.63) is 29.8 Å². The highest BCUT2D eigenvalue weighted by atomic mass is 15.3. The Morgan fingerprint density at radius 1 is 1.10 bits per heavy atom. The second-order valence-electron chi connectivity index (χ2n) is 6.80. The van der Waals surface area contributed by atoms with Gasteiger partial charge < -0.3 is 5.32 Å². The van der Waals surface area contributed by atoms with Crippen LogP contribution < -0.4 is 5.32 Å². The molecule has 1 heterocycles. The minimum atomic E-state index is 0.311. The average Bonchev–Trinajstić information content (AvgIpc) is 2.38. The van der Waals surface area contributed by atoms with Gasteiger partial charge in [-0.15, -0.1) is 0 Å². The Labute approximate surface area is 124 Å². The number of aryl methyl sites for hydroxylation is 1. The van der Waals surface area contributed by atoms with Crippen LogP contribution in [-0.4, -0.2) is 54.6 Å². The van der Waals surface area contributed by atoms with Crippen molar-refractivity contribution in [1.82, 2.24) is 9.80 Å². The van der Waals surface area contributed by atoms with Crippen LogP contribution in [0.5, 0.6) is 0 Å². The average molecular weight is 275 g/mol. The highest BCUT2D eigenvalue weighted by Crippen LogP contribution is 2.15. The first-order chi connectivity index (χ1) is 9.45. The third-order valence-electron chi connectivity index (χ3n) is 4.10. The van der Waals surface area contributed by atoms with E-state index in [0.29, 0.717) is 5.54 Å². The molecule has 0 aliphatic carbocycles. The third kappa shape index (κ3) is 4.50. The molecule has 1 aromatic carbocycles. The largest absolute Gasteiger partial charge is 0.384 e. The summed E-state index contributed by atoms with van der Waals surface area (Å²) in [4.78, 5) is 5.14. The Morgan fingerprint density at radius 3 is 2.40 bits per heavy atom. The Bertz CT molecular complexity index is 414. The number of rotatable bonds is 4. The van der Waals surface area contributed by atoms with Gasteiger partial charge in [0.1, 0.15) is 0 Å². The molecule has 0 bridgehead atoms. The van der Waals surface area contributed by atoms with Gasteiger partial charge in [0.2, 0.25) is 0 Å². The zero-order chi connectivity index (χ0) is 14.6. The van der Waals surface area contributed by atoms with Crippen LogP contribution in [-0.2, 0) is 0 Å². The standard InChI is InChI=1S/C17H29N3/c1-15-6-5-7-16(14-15)18-8-9-19-10-12-20(13-11-19)17(2,3)4/h5-7,14,18H,8-13H2,1-4H3. The quantitative estimate of drug-likeness (QED) is 0.911. The van der Waals surface area contributed by atoms with Crippen molar-refractivity contribution >= 4 is 5.69 Å². The van der Waals surface area contributed by atoms with E-state index in [0.717, 1.165) is 13.1 Å². The molecule has 20 heavy (non-hydrogen) atoms. The highest BCUT2D eigenvalue weighted by Gasteiger charge is 2.25. The lowest BCUT2D eigenvalue weighted by atomic mass is 10.1. The van der Waals surface area contributed by atoms with Gasteiger partial charge in [-0.25, -0.2) is 0 Å². The maximum absolute atomic E-state index is 3.52. The smallest absolute Gasteiger partial charge is 0.0343 e. The van der Waals surface area contributed by atoms with E-state index in [1.54, 1.807) is 0 Å². The van der Waals surface area contributed by atoms with Crippen molar-refractivity contribution in [3.8, 4) is 0 Å². The SMILES string of the molecule is Cc1cccc(NCCN2CCN(C(C)(C)C)CC2)c1. The zero-order valence-corrected chi connectivity index (χ0v) is 13.4. The minimum absolute atomic E-state index is 0.311. The van der Waals surface area contributed by atoms with Gasteiger partial charge >= 0.3 is 0 Å². The summed E-state index contributed by atoms with van der Waals surface area (Å²) in [6, 6.07) is 8.60. The number of piperazine rings is 1. The van der Waals surface area contributed by atoms with E-state index in [4.69, 9.17) is 0 Å². The zero-order valence-electron chi connectivity index (χ0n) is 13.4. The van der Waals surface area contributed by atoms with Gasteiger partial charge in [-0.1, -0.05) is 12.1 Å². The Kier molecular flexibility index (Phi) is 5.06. The Hall–Kier alpha value is -1.06. The molecule has 1 saturated heterocycles. The first-order valence-corrected chi connectivity index (χ1v) is 7.73. The first-order valence-electron chi connectivity index (χ1n) is 7.73. The molecule has 1 aromatic rings. The lowest BCUT2D eigenvalue weighted by Crippen LogP contribution is -2.53. The number of hydrogen-bond acceptors (Lipinski definition) is 3. The molecule has 3 nitrogen and oxygen atoms in total. The topological polar surface area (TPSA) is 18.5 Å². The van der Waals surface area contributed by atoms with Crippen molar-refractivity contribution in [2.24, 2.45) is 0 Å². The summed E-state index contributed by atoms with van der Waals surface area (Å²) in [6.45, 7) is 16.0. The monoisotopic (exact) mass is 275 g/mol. The maximum atomic E-state index is 3.52. The summed E-state index contributed by atoms with van der Waals surface area (Å²) in [6.07, 6.45) is 0. The molecule has 0 aromatic heterocycles. The summed E-state index contributed by atoms with van der Waals surface area (Å²) in [5, 5.41) is 3.52. The predicted octanol–water partition coefficient (Wildman–Crippen LogP) is 2.82. The summed E-state index contributed by atoms with van der Waals surface area (Å²) in [7, 11) is 0. The fourth-order valence-corrected chi connectivity index (χ4v) is 2.76. The number of nitrogens with one attached hydrogen (secondary N) is 1. The third-order valence-corrected chi connectivity index (χ3v) is 4.10. The van der Waals surface area contributed by atoms with E-state index < -0.39 is 0 Å². The van der Waals surface area contributed by atoms with Crippen molar-refractivity contribution in [3.63, 3.8) is 0 Å². The summed E-state index contributed by atoms with van der Waals surface area (Å²) >= 11 is 0. The van der Waals surface area contributed by atoms with E-state index in [1.807, 2.05) is 0 Å². The molecule has 1 N–H and O–H groups in total. The molecule has 0 spiro atoms. The first kappa shape index (κ1) is 15.3. The normalized spacial score (nSPS) is 18.2. The van der Waals surface area contributed by atoms with Gasteiger partial charge in [0, 0.05) is 50.5 Å². The molecule has 1 aliphatic rings. The van der Waals surface area contributed by atoms with Gasteiger partial charge in [-0.2, -0.15) is 0 Å². The maximum Gasteiger partial charge on any atom is 0.0343 e. The highest BCUT2D eigenvalue weighted by molar-refractivity contribution is 5.45. The lowest BCUT2D eigenvalue weighted by Gasteiger charge is -2.42. The summed E-state index contributed by atoms with van der Waals surface area (Å²) in [5.41, 5.74) is 2.86. The molecule has 1 aliphatic heterocycles. The van der Waals surface area contributed by atoms with Gasteiger partial charge in [0.05, 0.1) is 0 Å². The van der Waals surface area contributed by atoms with E-state index in [9.17, 15) is 0 Å². The van der Waals surface area contributed by atoms with E-state index in [-0.39, 0.29) is 0 Å². The lowest BCUT2D eigenvalue weighted by molar-refractivity contribution is 0.0642. The number of hydrogen-bond donors (Lipinski definition) is 1. The molecule has 0 saturated carbocycles. The molecule has 0 amide bonds. The van der Waals surface area contributed by atoms with Crippen LogP contribution >= 0.6 is 0 Å². The molecule has 0 unspecified atom stereocenters. The van der Waals surface area contributed by atoms with Gasteiger partial charge in [0.25, 0.3) is 0 Å². The Balaban J connectivity index is 1.69. The molecule has 0 radical (unpaired) electrons. The molecule has 112 valence electrons. The van der Waals surface area contributed by atoms with Crippen molar-refractivity contribution in [2.75, 3.05) is 44.6 Å². The molecule has 2 rings (SSSR count). The fourth-order valence-electron chi connectivity index (χ4n) is 2.76. The van der Waals surface area contributed by atoms with Gasteiger partial charge in [-0.05, 0) is 45.4 Å². The Morgan fingerprint density at radius 2 is 1.80 bits per heavy atom. The fraction of sp³-hybridized carbons (Fsp3) is 0.647. The minimum Gasteiger partial charge on any atom is -0.384 e. The van der Waals surface area contributed by atoms with Crippen LogP contribution in [0, 0.1) is 6.92 Å². The molecule has 3 heteroatoms. The van der Waals surface area contributed by atoms with Crippen LogP contribution in [0.25, 0.3) is 0 Å². The number of benzene rings is 1. The molecular formula is C17H29N3. The molecule has 1 fully saturated rings. The van der Waals surface area contributed by atoms with Crippen LogP contribution in [0.15, 0.2) is 24.3 Å². The van der Waals surface area contributed by atoms with E-state index in [2.05, 4.69) is 67.1 Å². The van der Waals surface area contributed by atoms with Crippen LogP contribution in [0.4, 0.5) is 5.69 Å². The number of anilines is 1. The second-order valence-corrected chi connectivity index (χ2v) is 6.80. The van der Waals surface area contributed by atoms with Crippen molar-refractivity contribution in [2.45, 2.75) is 33.2 Å². The van der Waals surface area contributed by atoms with Crippen LogP contribution in [0.3, 0.4) is 0 Å². The van der Waals surface area contributed by atoms with Crippen molar-refractivity contribution < 1.29 is 0 Å². The van der Waals surface area contributed by atoms with Gasteiger partial charge in [0.15, 0.2) is 0 Å². The van der Waals surface area contributed by atoms with Crippen LogP contribution in [0.2, 0.25) is 0 Å². The second kappa shape index (κ2) is 6.59. The predicted molar refractivity (Wildman–Crippen MR) is 87.4 cm³/mol.